The number of pyridine rings is 1. The molecule has 0 aliphatic carbocycles. The van der Waals surface area contributed by atoms with Gasteiger partial charge < -0.3 is 4.90 Å². The lowest BCUT2D eigenvalue weighted by Gasteiger charge is -2.37. The Balaban J connectivity index is 1.40. The van der Waals surface area contributed by atoms with Gasteiger partial charge in [-0.3, -0.25) is 9.69 Å². The van der Waals surface area contributed by atoms with Crippen LogP contribution in [0.4, 0.5) is 4.39 Å². The molecule has 1 aromatic heterocycles. The standard InChI is InChI=1S/C24H24FN3O3S/c25-18-7-5-17(6-8-18)23-15-21(20-3-1-2-4-22(20)26-23)24(29)28-12-10-27(11-13-28)19-9-14-32(30,31)16-19/h1-8,15,19H,9-14,16H2/t19-/m1/s1. The Morgan fingerprint density at radius 3 is 2.41 bits per heavy atom. The first-order valence-corrected chi connectivity index (χ1v) is 12.6. The first-order valence-electron chi connectivity index (χ1n) is 10.8. The molecule has 0 N–H and O–H groups in total. The van der Waals surface area contributed by atoms with E-state index in [1.807, 2.05) is 29.2 Å². The molecule has 0 radical (unpaired) electrons. The molecule has 0 spiro atoms. The van der Waals surface area contributed by atoms with Crippen molar-refractivity contribution in [3.8, 4) is 11.3 Å². The lowest BCUT2D eigenvalue weighted by Crippen LogP contribution is -2.52. The molecule has 0 unspecified atom stereocenters. The largest absolute Gasteiger partial charge is 0.336 e. The zero-order valence-electron chi connectivity index (χ0n) is 17.6. The van der Waals surface area contributed by atoms with Crippen molar-refractivity contribution < 1.29 is 17.6 Å². The Bertz CT molecular complexity index is 1270. The third-order valence-corrected chi connectivity index (χ3v) is 8.16. The van der Waals surface area contributed by atoms with E-state index >= 15 is 0 Å². The van der Waals surface area contributed by atoms with Gasteiger partial charge in [0, 0.05) is 43.2 Å². The van der Waals surface area contributed by atoms with Crippen LogP contribution in [0.5, 0.6) is 0 Å². The fraction of sp³-hybridized carbons (Fsp3) is 0.333. The summed E-state index contributed by atoms with van der Waals surface area (Å²) in [6.45, 7) is 2.44. The summed E-state index contributed by atoms with van der Waals surface area (Å²) in [7, 11) is -2.93. The number of fused-ring (bicyclic) bond motifs is 1. The molecule has 2 fully saturated rings. The topological polar surface area (TPSA) is 70.6 Å². The van der Waals surface area contributed by atoms with Crippen molar-refractivity contribution in [2.75, 3.05) is 37.7 Å². The molecule has 166 valence electrons. The maximum absolute atomic E-state index is 13.5. The highest BCUT2D eigenvalue weighted by Gasteiger charge is 2.34. The van der Waals surface area contributed by atoms with Gasteiger partial charge in [0.2, 0.25) is 0 Å². The molecule has 32 heavy (non-hydrogen) atoms. The zero-order valence-corrected chi connectivity index (χ0v) is 18.4. The number of piperazine rings is 1. The van der Waals surface area contributed by atoms with Gasteiger partial charge in [-0.25, -0.2) is 17.8 Å². The minimum absolute atomic E-state index is 0.0593. The molecule has 2 aliphatic heterocycles. The van der Waals surface area contributed by atoms with Crippen molar-refractivity contribution in [2.45, 2.75) is 12.5 Å². The number of nitrogens with zero attached hydrogens (tertiary/aromatic N) is 3. The Hall–Kier alpha value is -2.84. The van der Waals surface area contributed by atoms with E-state index < -0.39 is 9.84 Å². The molecule has 8 heteroatoms. The third-order valence-electron chi connectivity index (χ3n) is 6.41. The number of halogens is 1. The fourth-order valence-electron chi connectivity index (χ4n) is 4.64. The van der Waals surface area contributed by atoms with E-state index in [1.165, 1.54) is 12.1 Å². The van der Waals surface area contributed by atoms with Gasteiger partial charge in [0.25, 0.3) is 5.91 Å². The van der Waals surface area contributed by atoms with Gasteiger partial charge in [0.15, 0.2) is 9.84 Å². The van der Waals surface area contributed by atoms with Crippen LogP contribution in [-0.4, -0.2) is 72.8 Å². The molecule has 3 heterocycles. The van der Waals surface area contributed by atoms with Crippen molar-refractivity contribution in [1.82, 2.24) is 14.8 Å². The number of carbonyl (C=O) groups excluding carboxylic acids is 1. The highest BCUT2D eigenvalue weighted by atomic mass is 32.2. The maximum Gasteiger partial charge on any atom is 0.254 e. The number of carbonyl (C=O) groups is 1. The summed E-state index contributed by atoms with van der Waals surface area (Å²) in [6, 6.07) is 15.5. The van der Waals surface area contributed by atoms with E-state index in [4.69, 9.17) is 0 Å². The number of benzene rings is 2. The Labute approximate surface area is 186 Å². The highest BCUT2D eigenvalue weighted by molar-refractivity contribution is 7.91. The summed E-state index contributed by atoms with van der Waals surface area (Å²) in [6.07, 6.45) is 0.673. The summed E-state index contributed by atoms with van der Waals surface area (Å²) < 4.78 is 37.0. The zero-order chi connectivity index (χ0) is 22.3. The van der Waals surface area contributed by atoms with Crippen molar-refractivity contribution >= 4 is 26.6 Å². The van der Waals surface area contributed by atoms with Crippen molar-refractivity contribution in [3.05, 3.63) is 66.0 Å². The predicted molar refractivity (Wildman–Crippen MR) is 122 cm³/mol. The summed E-state index contributed by atoms with van der Waals surface area (Å²) in [4.78, 5) is 22.2. The van der Waals surface area contributed by atoms with Crippen LogP contribution < -0.4 is 0 Å². The fourth-order valence-corrected chi connectivity index (χ4v) is 6.41. The van der Waals surface area contributed by atoms with E-state index in [1.54, 1.807) is 18.2 Å². The SMILES string of the molecule is O=C(c1cc(-c2ccc(F)cc2)nc2ccccc12)N1CCN([C@@H]2CCS(=O)(=O)C2)CC1. The lowest BCUT2D eigenvalue weighted by atomic mass is 10.0. The van der Waals surface area contributed by atoms with Gasteiger partial charge >= 0.3 is 0 Å². The summed E-state index contributed by atoms with van der Waals surface area (Å²) in [5, 5.41) is 0.785. The molecular weight excluding hydrogens is 429 g/mol. The summed E-state index contributed by atoms with van der Waals surface area (Å²) in [5.41, 5.74) is 2.67. The van der Waals surface area contributed by atoms with Gasteiger partial charge in [0.1, 0.15) is 5.82 Å². The van der Waals surface area contributed by atoms with Gasteiger partial charge in [-0.1, -0.05) is 18.2 Å². The molecule has 1 amide bonds. The molecule has 2 saturated heterocycles. The Morgan fingerprint density at radius 1 is 1.00 bits per heavy atom. The van der Waals surface area contributed by atoms with E-state index in [9.17, 15) is 17.6 Å². The van der Waals surface area contributed by atoms with Crippen molar-refractivity contribution in [1.29, 1.82) is 0 Å². The molecule has 0 bridgehead atoms. The second-order valence-corrected chi connectivity index (χ2v) is 10.7. The quantitative estimate of drug-likeness (QED) is 0.610. The van der Waals surface area contributed by atoms with Crippen LogP contribution in [0.15, 0.2) is 54.6 Å². The number of sulfone groups is 1. The van der Waals surface area contributed by atoms with Gasteiger partial charge in [-0.2, -0.15) is 0 Å². The van der Waals surface area contributed by atoms with Crippen molar-refractivity contribution in [2.24, 2.45) is 0 Å². The van der Waals surface area contributed by atoms with Crippen LogP contribution in [-0.2, 0) is 9.84 Å². The van der Waals surface area contributed by atoms with Gasteiger partial charge in [-0.15, -0.1) is 0 Å². The Morgan fingerprint density at radius 2 is 1.72 bits per heavy atom. The van der Waals surface area contributed by atoms with Crippen LogP contribution in [0.1, 0.15) is 16.8 Å². The van der Waals surface area contributed by atoms with Crippen LogP contribution in [0.25, 0.3) is 22.2 Å². The minimum Gasteiger partial charge on any atom is -0.336 e. The van der Waals surface area contributed by atoms with Crippen LogP contribution in [0, 0.1) is 5.82 Å². The summed E-state index contributed by atoms with van der Waals surface area (Å²) >= 11 is 0. The summed E-state index contributed by atoms with van der Waals surface area (Å²) in [5.74, 6) is 0.0904. The van der Waals surface area contributed by atoms with E-state index in [0.717, 1.165) is 10.9 Å². The predicted octanol–water partition coefficient (Wildman–Crippen LogP) is 2.99. The molecule has 6 nitrogen and oxygen atoms in total. The first kappa shape index (κ1) is 21.0. The number of hydrogen-bond donors (Lipinski definition) is 0. The average molecular weight is 454 g/mol. The van der Waals surface area contributed by atoms with Gasteiger partial charge in [0.05, 0.1) is 28.3 Å². The van der Waals surface area contributed by atoms with Crippen LogP contribution in [0.3, 0.4) is 0 Å². The molecule has 1 atom stereocenters. The van der Waals surface area contributed by atoms with Crippen LogP contribution >= 0.6 is 0 Å². The number of rotatable bonds is 3. The number of aromatic nitrogens is 1. The first-order chi connectivity index (χ1) is 15.4. The normalized spacial score (nSPS) is 21.2. The van der Waals surface area contributed by atoms with E-state index in [-0.39, 0.29) is 29.3 Å². The molecule has 3 aromatic rings. The van der Waals surface area contributed by atoms with Gasteiger partial charge in [-0.05, 0) is 42.8 Å². The molecular formula is C24H24FN3O3S. The van der Waals surface area contributed by atoms with E-state index in [2.05, 4.69) is 9.88 Å². The third kappa shape index (κ3) is 4.12. The molecule has 5 rings (SSSR count). The maximum atomic E-state index is 13.5. The monoisotopic (exact) mass is 453 g/mol. The minimum atomic E-state index is -2.93. The second-order valence-electron chi connectivity index (χ2n) is 8.46. The van der Waals surface area contributed by atoms with Crippen LogP contribution in [0.2, 0.25) is 0 Å². The number of hydrogen-bond acceptors (Lipinski definition) is 5. The number of para-hydroxylation sites is 1. The lowest BCUT2D eigenvalue weighted by molar-refractivity contribution is 0.0589. The molecule has 2 aliphatic rings. The number of amides is 1. The average Bonchev–Trinajstić information content (AvgIpc) is 3.18. The van der Waals surface area contributed by atoms with Crippen molar-refractivity contribution in [3.63, 3.8) is 0 Å². The smallest absolute Gasteiger partial charge is 0.254 e. The highest BCUT2D eigenvalue weighted by Crippen LogP contribution is 2.27. The molecule has 0 saturated carbocycles. The van der Waals surface area contributed by atoms with E-state index in [0.29, 0.717) is 49.4 Å². The Kier molecular flexibility index (Phi) is 5.43. The molecule has 2 aromatic carbocycles. The second kappa shape index (κ2) is 8.26.